The number of phenols is 1. The van der Waals surface area contributed by atoms with Crippen molar-refractivity contribution in [2.24, 2.45) is 4.99 Å². The second kappa shape index (κ2) is 9.88. The van der Waals surface area contributed by atoms with Gasteiger partial charge in [0.1, 0.15) is 0 Å². The average Bonchev–Trinajstić information content (AvgIpc) is 3.07. The molecule has 1 atom stereocenters. The number of rotatable bonds is 5. The molecule has 2 aromatic rings. The molecule has 4 rings (SSSR count). The summed E-state index contributed by atoms with van der Waals surface area (Å²) in [5.41, 5.74) is 1.59. The van der Waals surface area contributed by atoms with Crippen molar-refractivity contribution in [3.8, 4) is 11.5 Å². The summed E-state index contributed by atoms with van der Waals surface area (Å²) in [6, 6.07) is 13.3. The molecule has 1 unspecified atom stereocenters. The molecular weight excluding hydrogens is 427 g/mol. The summed E-state index contributed by atoms with van der Waals surface area (Å²) >= 11 is 1.40. The molecule has 2 fully saturated rings. The van der Waals surface area contributed by atoms with Gasteiger partial charge in [-0.05, 0) is 72.7 Å². The van der Waals surface area contributed by atoms with Crippen LogP contribution in [0.2, 0.25) is 0 Å². The van der Waals surface area contributed by atoms with Crippen LogP contribution in [-0.4, -0.2) is 33.7 Å². The van der Waals surface area contributed by atoms with Crippen molar-refractivity contribution in [3.63, 3.8) is 0 Å². The minimum absolute atomic E-state index is 0.00769. The van der Waals surface area contributed by atoms with Gasteiger partial charge in [-0.25, -0.2) is 4.99 Å². The Balaban J connectivity index is 1.66. The molecule has 162 valence electrons. The number of ether oxygens (including phenoxy) is 1. The second-order valence-corrected chi connectivity index (χ2v) is 9.40. The third kappa shape index (κ3) is 5.13. The summed E-state index contributed by atoms with van der Waals surface area (Å²) in [5, 5.41) is 12.0. The van der Waals surface area contributed by atoms with Crippen LogP contribution in [0.3, 0.4) is 0 Å². The van der Waals surface area contributed by atoms with E-state index in [4.69, 9.17) is 9.73 Å². The maximum absolute atomic E-state index is 13.4. The van der Waals surface area contributed by atoms with E-state index in [9.17, 15) is 9.90 Å². The molecule has 0 radical (unpaired) electrons. The Morgan fingerprint density at radius 3 is 2.61 bits per heavy atom. The number of amidine groups is 1. The topological polar surface area (TPSA) is 62.1 Å². The molecule has 2 aliphatic rings. The number of carbonyl (C=O) groups is 1. The minimum atomic E-state index is -0.00769. The quantitative estimate of drug-likeness (QED) is 0.497. The zero-order chi connectivity index (χ0) is 21.8. The molecule has 31 heavy (non-hydrogen) atoms. The lowest BCUT2D eigenvalue weighted by molar-refractivity contribution is -0.124. The van der Waals surface area contributed by atoms with Gasteiger partial charge < -0.3 is 9.84 Å². The Hall–Kier alpha value is -2.30. The standard InChI is InChI=1S/C24H27N2O3PS/c1-2-29-21-13-8-16(14-20(21)27)15-22-23(28)26(18-6-4-3-5-7-18)24(31-22)25-17-9-11-19(30)12-10-17/h8-15,18,27H,2-7,30H2,1H3/b22-15-,25-24-. The first-order chi connectivity index (χ1) is 15.0. The maximum Gasteiger partial charge on any atom is 0.267 e. The van der Waals surface area contributed by atoms with Crippen molar-refractivity contribution in [3.05, 3.63) is 52.9 Å². The fraction of sp³-hybridized carbons (Fsp3) is 0.333. The lowest BCUT2D eigenvalue weighted by Crippen LogP contribution is -2.40. The third-order valence-corrected chi connectivity index (χ3v) is 6.84. The van der Waals surface area contributed by atoms with E-state index in [1.807, 2.05) is 48.2 Å². The highest BCUT2D eigenvalue weighted by molar-refractivity contribution is 8.18. The number of amides is 1. The number of thioether (sulfide) groups is 1. The highest BCUT2D eigenvalue weighted by Gasteiger charge is 2.38. The van der Waals surface area contributed by atoms with Gasteiger partial charge >= 0.3 is 0 Å². The summed E-state index contributed by atoms with van der Waals surface area (Å²) < 4.78 is 5.40. The fourth-order valence-corrected chi connectivity index (χ4v) is 5.19. The molecule has 0 spiro atoms. The average molecular weight is 455 g/mol. The first-order valence-electron chi connectivity index (χ1n) is 10.7. The number of hydrogen-bond donors (Lipinski definition) is 1. The van der Waals surface area contributed by atoms with Crippen LogP contribution in [0.25, 0.3) is 6.08 Å². The van der Waals surface area contributed by atoms with Crippen LogP contribution in [0.5, 0.6) is 11.5 Å². The van der Waals surface area contributed by atoms with Gasteiger partial charge in [0.15, 0.2) is 16.7 Å². The molecule has 1 heterocycles. The van der Waals surface area contributed by atoms with Crippen molar-refractivity contribution >= 4 is 49.1 Å². The van der Waals surface area contributed by atoms with E-state index in [0.29, 0.717) is 17.3 Å². The Morgan fingerprint density at radius 1 is 1.19 bits per heavy atom. The number of benzene rings is 2. The van der Waals surface area contributed by atoms with Crippen LogP contribution in [-0.2, 0) is 4.79 Å². The van der Waals surface area contributed by atoms with E-state index in [0.717, 1.165) is 47.4 Å². The highest BCUT2D eigenvalue weighted by atomic mass is 32.2. The molecular formula is C24H27N2O3PS. The minimum Gasteiger partial charge on any atom is -0.504 e. The smallest absolute Gasteiger partial charge is 0.267 e. The maximum atomic E-state index is 13.4. The van der Waals surface area contributed by atoms with Gasteiger partial charge in [0.05, 0.1) is 17.2 Å². The van der Waals surface area contributed by atoms with Crippen LogP contribution in [0.1, 0.15) is 44.6 Å². The van der Waals surface area contributed by atoms with Gasteiger partial charge in [-0.15, -0.1) is 9.24 Å². The van der Waals surface area contributed by atoms with Crippen LogP contribution < -0.4 is 10.0 Å². The van der Waals surface area contributed by atoms with Crippen molar-refractivity contribution in [1.82, 2.24) is 4.90 Å². The number of aliphatic imine (C=N–C) groups is 1. The van der Waals surface area contributed by atoms with Gasteiger partial charge in [-0.1, -0.05) is 37.5 Å². The molecule has 1 amide bonds. The molecule has 1 N–H and O–H groups in total. The molecule has 0 bridgehead atoms. The third-order valence-electron chi connectivity index (χ3n) is 5.48. The summed E-state index contributed by atoms with van der Waals surface area (Å²) in [7, 11) is 2.67. The lowest BCUT2D eigenvalue weighted by atomic mass is 9.94. The van der Waals surface area contributed by atoms with E-state index in [-0.39, 0.29) is 17.7 Å². The summed E-state index contributed by atoms with van der Waals surface area (Å²) in [5.74, 6) is 0.507. The number of nitrogens with zero attached hydrogens (tertiary/aromatic N) is 2. The Labute approximate surface area is 189 Å². The van der Waals surface area contributed by atoms with Crippen molar-refractivity contribution < 1.29 is 14.6 Å². The van der Waals surface area contributed by atoms with Crippen LogP contribution in [0, 0.1) is 0 Å². The van der Waals surface area contributed by atoms with Crippen molar-refractivity contribution in [2.75, 3.05) is 6.61 Å². The van der Waals surface area contributed by atoms with E-state index in [2.05, 4.69) is 9.24 Å². The Kier molecular flexibility index (Phi) is 6.99. The van der Waals surface area contributed by atoms with Crippen molar-refractivity contribution in [1.29, 1.82) is 0 Å². The van der Waals surface area contributed by atoms with Crippen LogP contribution in [0.4, 0.5) is 5.69 Å². The summed E-state index contributed by atoms with van der Waals surface area (Å²) in [6.07, 6.45) is 7.34. The lowest BCUT2D eigenvalue weighted by Gasteiger charge is -2.30. The monoisotopic (exact) mass is 454 g/mol. The van der Waals surface area contributed by atoms with E-state index < -0.39 is 0 Å². The number of carbonyl (C=O) groups excluding carboxylic acids is 1. The largest absolute Gasteiger partial charge is 0.504 e. The van der Waals surface area contributed by atoms with Gasteiger partial charge in [-0.3, -0.25) is 9.69 Å². The second-order valence-electron chi connectivity index (χ2n) is 7.72. The van der Waals surface area contributed by atoms with Crippen molar-refractivity contribution in [2.45, 2.75) is 45.1 Å². The fourth-order valence-electron chi connectivity index (χ4n) is 3.94. The van der Waals surface area contributed by atoms with Crippen LogP contribution >= 0.6 is 21.0 Å². The van der Waals surface area contributed by atoms with Gasteiger partial charge in [0, 0.05) is 6.04 Å². The number of aromatic hydroxyl groups is 1. The molecule has 2 aromatic carbocycles. The van der Waals surface area contributed by atoms with Gasteiger partial charge in [-0.2, -0.15) is 0 Å². The SMILES string of the molecule is CCOc1ccc(/C=C2\S/C(=N\c3ccc(P)cc3)N(C3CCCCC3)C2=O)cc1O. The first kappa shape index (κ1) is 21.9. The normalized spacial score (nSPS) is 20.1. The van der Waals surface area contributed by atoms with E-state index in [1.54, 1.807) is 12.1 Å². The molecule has 0 aromatic heterocycles. The molecule has 5 nitrogen and oxygen atoms in total. The zero-order valence-electron chi connectivity index (χ0n) is 17.6. The number of phenolic OH excluding ortho intramolecular Hbond substituents is 1. The molecule has 1 aliphatic heterocycles. The summed E-state index contributed by atoms with van der Waals surface area (Å²) in [4.78, 5) is 20.7. The van der Waals surface area contributed by atoms with Gasteiger partial charge in [0.25, 0.3) is 5.91 Å². The van der Waals surface area contributed by atoms with Gasteiger partial charge in [0.2, 0.25) is 0 Å². The number of hydrogen-bond acceptors (Lipinski definition) is 5. The molecule has 1 aliphatic carbocycles. The molecule has 7 heteroatoms. The Morgan fingerprint density at radius 2 is 1.94 bits per heavy atom. The predicted octanol–water partition coefficient (Wildman–Crippen LogP) is 5.23. The molecule has 1 saturated carbocycles. The first-order valence-corrected chi connectivity index (χ1v) is 12.1. The summed E-state index contributed by atoms with van der Waals surface area (Å²) in [6.45, 7) is 2.35. The molecule has 1 saturated heterocycles. The van der Waals surface area contributed by atoms with E-state index in [1.165, 1.54) is 18.2 Å². The van der Waals surface area contributed by atoms with Crippen LogP contribution in [0.15, 0.2) is 52.4 Å². The van der Waals surface area contributed by atoms with E-state index >= 15 is 0 Å². The zero-order valence-corrected chi connectivity index (χ0v) is 19.6. The highest BCUT2D eigenvalue weighted by Crippen LogP contribution is 2.39. The Bertz CT molecular complexity index is 1010. The predicted molar refractivity (Wildman–Crippen MR) is 131 cm³/mol.